The standard InChI is InChI=1S/C34H49N5O4S/c1-9-12-14-29(37-42-33(40)20(4)5)22-15-25-26-16-23(18-28(36)32(26)39(8)31(25)27(35)17-22)30(38-43-34(41)21(6)7)19-44-24(11-3)13-10-2/h15-18,20-21,24H,9-14,19,35-36H2,1-8H3/b37-29+,38-30+. The number of fused-ring (bicyclic) bond motifs is 3. The van der Waals surface area contributed by atoms with Gasteiger partial charge in [-0.15, -0.1) is 0 Å². The first kappa shape index (κ1) is 35.0. The largest absolute Gasteiger partial charge is 0.397 e. The van der Waals surface area contributed by atoms with Gasteiger partial charge in [0.2, 0.25) is 0 Å². The minimum Gasteiger partial charge on any atom is -0.397 e. The number of nitrogens with two attached hydrogens (primary N) is 2. The minimum atomic E-state index is -0.387. The van der Waals surface area contributed by atoms with Crippen molar-refractivity contribution in [3.8, 4) is 0 Å². The molecule has 0 spiro atoms. The summed E-state index contributed by atoms with van der Waals surface area (Å²) in [5, 5.41) is 10.9. The Hall–Kier alpha value is -3.53. The van der Waals surface area contributed by atoms with Crippen molar-refractivity contribution in [2.45, 2.75) is 92.2 Å². The lowest BCUT2D eigenvalue weighted by Crippen LogP contribution is -2.14. The molecule has 3 aromatic rings. The number of aryl methyl sites for hydroxylation is 1. The highest BCUT2D eigenvalue weighted by atomic mass is 32.2. The Bertz CT molecular complexity index is 1540. The first-order valence-electron chi connectivity index (χ1n) is 15.7. The van der Waals surface area contributed by atoms with E-state index in [1.807, 2.05) is 47.6 Å². The van der Waals surface area contributed by atoms with Gasteiger partial charge in [0, 0.05) is 39.9 Å². The predicted molar refractivity (Wildman–Crippen MR) is 185 cm³/mol. The van der Waals surface area contributed by atoms with Gasteiger partial charge in [0.05, 0.1) is 45.7 Å². The normalized spacial score (nSPS) is 13.3. The van der Waals surface area contributed by atoms with Gasteiger partial charge in [-0.05, 0) is 49.9 Å². The monoisotopic (exact) mass is 623 g/mol. The number of carbonyl (C=O) groups is 2. The summed E-state index contributed by atoms with van der Waals surface area (Å²) in [6.07, 6.45) is 5.71. The number of aromatic nitrogens is 1. The Labute approximate surface area is 265 Å². The molecule has 0 aliphatic heterocycles. The average molecular weight is 624 g/mol. The topological polar surface area (TPSA) is 134 Å². The fourth-order valence-corrected chi connectivity index (χ4v) is 6.25. The fourth-order valence-electron chi connectivity index (χ4n) is 5.00. The van der Waals surface area contributed by atoms with Gasteiger partial charge >= 0.3 is 11.9 Å². The summed E-state index contributed by atoms with van der Waals surface area (Å²) < 4.78 is 2.00. The van der Waals surface area contributed by atoms with Crippen LogP contribution >= 0.6 is 11.8 Å². The van der Waals surface area contributed by atoms with Gasteiger partial charge in [-0.2, -0.15) is 11.8 Å². The highest BCUT2D eigenvalue weighted by Crippen LogP contribution is 2.37. The van der Waals surface area contributed by atoms with E-state index in [9.17, 15) is 9.59 Å². The predicted octanol–water partition coefficient (Wildman–Crippen LogP) is 7.80. The Kier molecular flexibility index (Phi) is 12.7. The van der Waals surface area contributed by atoms with Crippen LogP contribution in [-0.4, -0.2) is 38.9 Å². The third-order valence-electron chi connectivity index (χ3n) is 7.63. The van der Waals surface area contributed by atoms with Crippen molar-refractivity contribution < 1.29 is 19.3 Å². The van der Waals surface area contributed by atoms with E-state index >= 15 is 0 Å². The average Bonchev–Trinajstić information content (AvgIpc) is 3.28. The van der Waals surface area contributed by atoms with Crippen molar-refractivity contribution in [1.82, 2.24) is 4.57 Å². The van der Waals surface area contributed by atoms with E-state index in [2.05, 4.69) is 31.1 Å². The second kappa shape index (κ2) is 16.0. The molecule has 1 heterocycles. The number of benzene rings is 2. The Balaban J connectivity index is 2.21. The first-order chi connectivity index (χ1) is 20.9. The third-order valence-corrected chi connectivity index (χ3v) is 9.11. The van der Waals surface area contributed by atoms with Crippen LogP contribution in [0.5, 0.6) is 0 Å². The van der Waals surface area contributed by atoms with Crippen LogP contribution in [0.2, 0.25) is 0 Å². The molecule has 0 aliphatic carbocycles. The number of thioether (sulfide) groups is 1. The molecule has 10 heteroatoms. The number of hydrogen-bond donors (Lipinski definition) is 2. The lowest BCUT2D eigenvalue weighted by Gasteiger charge is -2.15. The molecule has 4 N–H and O–H groups in total. The molecule has 1 aromatic heterocycles. The lowest BCUT2D eigenvalue weighted by molar-refractivity contribution is -0.148. The molecule has 44 heavy (non-hydrogen) atoms. The maximum absolute atomic E-state index is 12.4. The summed E-state index contributed by atoms with van der Waals surface area (Å²) in [5.74, 6) is -0.792. The molecule has 0 fully saturated rings. The van der Waals surface area contributed by atoms with Gasteiger partial charge < -0.3 is 25.7 Å². The van der Waals surface area contributed by atoms with Gasteiger partial charge in [-0.3, -0.25) is 0 Å². The van der Waals surface area contributed by atoms with E-state index in [1.54, 1.807) is 27.7 Å². The second-order valence-electron chi connectivity index (χ2n) is 11.9. The lowest BCUT2D eigenvalue weighted by atomic mass is 10.00. The van der Waals surface area contributed by atoms with Crippen LogP contribution in [0.3, 0.4) is 0 Å². The zero-order chi connectivity index (χ0) is 32.6. The number of hydrogen-bond acceptors (Lipinski definition) is 9. The maximum Gasteiger partial charge on any atom is 0.337 e. The molecule has 0 amide bonds. The van der Waals surface area contributed by atoms with E-state index in [0.29, 0.717) is 40.2 Å². The number of rotatable bonds is 15. The van der Waals surface area contributed by atoms with E-state index in [1.165, 1.54) is 0 Å². The third kappa shape index (κ3) is 8.34. The Morgan fingerprint density at radius 3 is 1.77 bits per heavy atom. The molecular formula is C34H49N5O4S. The molecule has 0 saturated carbocycles. The van der Waals surface area contributed by atoms with E-state index in [4.69, 9.17) is 21.1 Å². The number of unbranched alkanes of at least 4 members (excludes halogenated alkanes) is 1. The van der Waals surface area contributed by atoms with Crippen LogP contribution in [-0.2, 0) is 26.3 Å². The molecule has 9 nitrogen and oxygen atoms in total. The number of carbonyl (C=O) groups excluding carboxylic acids is 2. The van der Waals surface area contributed by atoms with E-state index < -0.39 is 0 Å². The Morgan fingerprint density at radius 2 is 1.32 bits per heavy atom. The van der Waals surface area contributed by atoms with Crippen LogP contribution in [0.25, 0.3) is 21.8 Å². The van der Waals surface area contributed by atoms with Crippen LogP contribution in [0.15, 0.2) is 34.6 Å². The van der Waals surface area contributed by atoms with Gasteiger partial charge in [0.25, 0.3) is 0 Å². The van der Waals surface area contributed by atoms with Crippen molar-refractivity contribution in [3.63, 3.8) is 0 Å². The molecule has 0 bridgehead atoms. The molecule has 1 unspecified atom stereocenters. The summed E-state index contributed by atoms with van der Waals surface area (Å²) in [7, 11) is 1.94. The summed E-state index contributed by atoms with van der Waals surface area (Å²) in [4.78, 5) is 35.2. The van der Waals surface area contributed by atoms with Crippen molar-refractivity contribution in [2.24, 2.45) is 29.2 Å². The zero-order valence-corrected chi connectivity index (χ0v) is 28.3. The summed E-state index contributed by atoms with van der Waals surface area (Å²) in [5.41, 5.74) is 19.1. The molecule has 0 saturated heterocycles. The maximum atomic E-state index is 12.4. The van der Waals surface area contributed by atoms with Crippen LogP contribution in [0.4, 0.5) is 11.4 Å². The number of oxime groups is 2. The van der Waals surface area contributed by atoms with Crippen molar-refractivity contribution in [2.75, 3.05) is 17.2 Å². The summed E-state index contributed by atoms with van der Waals surface area (Å²) in [6.45, 7) is 13.6. The van der Waals surface area contributed by atoms with Gasteiger partial charge in [-0.25, -0.2) is 9.59 Å². The number of nitrogens with zero attached hydrogens (tertiary/aromatic N) is 3. The first-order valence-corrected chi connectivity index (χ1v) is 16.8. The SMILES string of the molecule is CCCC/C(=N\OC(=O)C(C)C)c1cc(N)c2c(c1)c1cc(/C(CSC(CC)CCC)=N/OC(=O)C(C)C)cc(N)c1n2C. The highest BCUT2D eigenvalue weighted by molar-refractivity contribution is 8.00. The zero-order valence-electron chi connectivity index (χ0n) is 27.5. The van der Waals surface area contributed by atoms with Crippen LogP contribution in [0, 0.1) is 11.8 Å². The van der Waals surface area contributed by atoms with Crippen molar-refractivity contribution in [1.29, 1.82) is 0 Å². The van der Waals surface area contributed by atoms with Crippen LogP contribution < -0.4 is 11.5 Å². The highest BCUT2D eigenvalue weighted by Gasteiger charge is 2.20. The van der Waals surface area contributed by atoms with Crippen molar-refractivity contribution in [3.05, 3.63) is 35.4 Å². The molecule has 3 rings (SSSR count). The van der Waals surface area contributed by atoms with Gasteiger partial charge in [-0.1, -0.05) is 71.6 Å². The number of anilines is 2. The second-order valence-corrected chi connectivity index (χ2v) is 13.2. The molecule has 0 aliphatic rings. The molecule has 0 radical (unpaired) electrons. The molecular weight excluding hydrogens is 574 g/mol. The minimum absolute atomic E-state index is 0.290. The van der Waals surface area contributed by atoms with E-state index in [0.717, 1.165) is 65.0 Å². The summed E-state index contributed by atoms with van der Waals surface area (Å²) >= 11 is 1.81. The van der Waals surface area contributed by atoms with Gasteiger partial charge in [0.15, 0.2) is 0 Å². The van der Waals surface area contributed by atoms with Gasteiger partial charge in [0.1, 0.15) is 0 Å². The quantitative estimate of drug-likeness (QED) is 0.0763. The Morgan fingerprint density at radius 1 is 0.818 bits per heavy atom. The molecule has 240 valence electrons. The van der Waals surface area contributed by atoms with Crippen molar-refractivity contribution >= 4 is 68.3 Å². The fraction of sp³-hybridized carbons (Fsp3) is 0.529. The smallest absolute Gasteiger partial charge is 0.337 e. The number of nitrogen functional groups attached to an aromatic ring is 2. The molecule has 1 atom stereocenters. The summed E-state index contributed by atoms with van der Waals surface area (Å²) in [6, 6.07) is 7.85. The van der Waals surface area contributed by atoms with Crippen LogP contribution in [0.1, 0.15) is 98.1 Å². The van der Waals surface area contributed by atoms with E-state index in [-0.39, 0.29) is 23.8 Å². The molecule has 2 aromatic carbocycles.